The van der Waals surface area contributed by atoms with Crippen molar-refractivity contribution in [3.05, 3.63) is 35.4 Å². The van der Waals surface area contributed by atoms with E-state index in [1.807, 2.05) is 0 Å². The van der Waals surface area contributed by atoms with E-state index in [2.05, 4.69) is 20.4 Å². The largest absolute Gasteiger partial charge is 0.461 e. The summed E-state index contributed by atoms with van der Waals surface area (Å²) >= 11 is 0. The van der Waals surface area contributed by atoms with Crippen LogP contribution in [0.4, 0.5) is 4.79 Å². The number of alkyl carbamates (subject to hydrolysis) is 1. The van der Waals surface area contributed by atoms with Crippen molar-refractivity contribution in [3.8, 4) is 5.82 Å². The molecule has 0 spiro atoms. The monoisotopic (exact) mass is 534 g/mol. The summed E-state index contributed by atoms with van der Waals surface area (Å²) in [5.74, 6) is -1.57. The summed E-state index contributed by atoms with van der Waals surface area (Å²) in [7, 11) is 0. The number of fused-ring (bicyclic) bond motifs is 1. The first-order valence-electron chi connectivity index (χ1n) is 12.4. The molecule has 0 aromatic carbocycles. The van der Waals surface area contributed by atoms with Gasteiger partial charge in [0.25, 0.3) is 0 Å². The van der Waals surface area contributed by atoms with E-state index in [1.54, 1.807) is 54.5 Å². The molecule has 1 amide bonds. The zero-order chi connectivity index (χ0) is 27.8. The van der Waals surface area contributed by atoms with E-state index in [-0.39, 0.29) is 12.5 Å². The molecule has 1 N–H and O–H groups in total. The summed E-state index contributed by atoms with van der Waals surface area (Å²) in [5, 5.41) is 6.55. The summed E-state index contributed by atoms with van der Waals surface area (Å²) < 4.78 is 31.7. The van der Waals surface area contributed by atoms with E-state index >= 15 is 0 Å². The number of amides is 1. The minimum absolute atomic E-state index is 0.186. The summed E-state index contributed by atoms with van der Waals surface area (Å²) in [4.78, 5) is 46.0. The Morgan fingerprint density at radius 2 is 1.92 bits per heavy atom. The molecular weight excluding hydrogens is 500 g/mol. The lowest BCUT2D eigenvalue weighted by molar-refractivity contribution is -0.203. The maximum Gasteiger partial charge on any atom is 0.408 e. The van der Waals surface area contributed by atoms with Crippen molar-refractivity contribution >= 4 is 12.1 Å². The number of hydrogen-bond acceptors (Lipinski definition) is 11. The van der Waals surface area contributed by atoms with Gasteiger partial charge in [-0.25, -0.2) is 24.0 Å². The van der Waals surface area contributed by atoms with Gasteiger partial charge in [0.15, 0.2) is 17.8 Å². The highest BCUT2D eigenvalue weighted by Crippen LogP contribution is 2.42. The molecule has 0 saturated carbocycles. The van der Waals surface area contributed by atoms with Crippen LogP contribution in [0.5, 0.6) is 0 Å². The van der Waals surface area contributed by atoms with Crippen molar-refractivity contribution in [1.29, 1.82) is 0 Å². The van der Waals surface area contributed by atoms with Crippen LogP contribution in [0.15, 0.2) is 29.7 Å². The van der Waals surface area contributed by atoms with Gasteiger partial charge in [-0.1, -0.05) is 13.8 Å². The maximum absolute atomic E-state index is 12.9. The maximum atomic E-state index is 12.9. The number of nitrogens with zero attached hydrogens (tertiary/aromatic N) is 5. The molecule has 2 saturated heterocycles. The summed E-state index contributed by atoms with van der Waals surface area (Å²) in [5.41, 5.74) is -1.31. The van der Waals surface area contributed by atoms with E-state index in [0.717, 1.165) is 0 Å². The van der Waals surface area contributed by atoms with Crippen molar-refractivity contribution in [2.45, 2.75) is 90.4 Å². The molecule has 2 aliphatic rings. The molecule has 2 aromatic heterocycles. The molecule has 0 aliphatic carbocycles. The average Bonchev–Trinajstić information content (AvgIpc) is 3.50. The Morgan fingerprint density at radius 1 is 1.21 bits per heavy atom. The molecule has 0 bridgehead atoms. The Bertz CT molecular complexity index is 1210. The van der Waals surface area contributed by atoms with Crippen LogP contribution in [-0.2, 0) is 28.5 Å². The first-order chi connectivity index (χ1) is 17.7. The second-order valence-electron chi connectivity index (χ2n) is 10.9. The number of carbonyl (C=O) groups is 2. The van der Waals surface area contributed by atoms with E-state index in [4.69, 9.17) is 23.7 Å². The molecule has 2 aliphatic heterocycles. The molecule has 4 rings (SSSR count). The van der Waals surface area contributed by atoms with Gasteiger partial charge in [0.2, 0.25) is 0 Å². The highest BCUT2D eigenvalue weighted by atomic mass is 16.8. The molecule has 2 fully saturated rings. The van der Waals surface area contributed by atoms with Crippen LogP contribution >= 0.6 is 0 Å². The van der Waals surface area contributed by atoms with Gasteiger partial charge in [-0.2, -0.15) is 10.1 Å². The standard InChI is InChI=1S/C24H34N6O8/c1-13(2)16(28-22(33)38-23(3,4)5)20(31)34-10-14-17-18(37-24(6,7)36-17)19(35-14)29-9-8-15(27-21(29)32)30-12-25-11-26-30/h8-9,11-14,16-19H,10H2,1-7H3,(H,28,33)/t14-,16+,17-,18-,19-/m1/s1. The fourth-order valence-corrected chi connectivity index (χ4v) is 4.26. The van der Waals surface area contributed by atoms with Crippen LogP contribution in [0.2, 0.25) is 0 Å². The molecule has 38 heavy (non-hydrogen) atoms. The highest BCUT2D eigenvalue weighted by molar-refractivity contribution is 5.81. The highest BCUT2D eigenvalue weighted by Gasteiger charge is 2.56. The average molecular weight is 535 g/mol. The summed E-state index contributed by atoms with van der Waals surface area (Å²) in [6.07, 6.45) is 0.659. The predicted molar refractivity (Wildman–Crippen MR) is 130 cm³/mol. The molecule has 4 heterocycles. The fourth-order valence-electron chi connectivity index (χ4n) is 4.26. The van der Waals surface area contributed by atoms with Crippen molar-refractivity contribution in [2.24, 2.45) is 5.92 Å². The number of esters is 1. The molecule has 14 nitrogen and oxygen atoms in total. The zero-order valence-electron chi connectivity index (χ0n) is 22.5. The third-order valence-electron chi connectivity index (χ3n) is 5.85. The first-order valence-corrected chi connectivity index (χ1v) is 12.4. The van der Waals surface area contributed by atoms with Crippen molar-refractivity contribution in [2.75, 3.05) is 6.61 Å². The quantitative estimate of drug-likeness (QED) is 0.511. The van der Waals surface area contributed by atoms with E-state index in [0.29, 0.717) is 5.82 Å². The molecule has 208 valence electrons. The summed E-state index contributed by atoms with van der Waals surface area (Å²) in [6, 6.07) is 0.657. The Hall–Kier alpha value is -3.36. The molecule has 0 unspecified atom stereocenters. The van der Waals surface area contributed by atoms with Crippen LogP contribution in [0.3, 0.4) is 0 Å². The second kappa shape index (κ2) is 10.4. The number of carbonyl (C=O) groups excluding carboxylic acids is 2. The number of hydrogen-bond donors (Lipinski definition) is 1. The SMILES string of the molecule is CC(C)[C@H](NC(=O)OC(C)(C)C)C(=O)OC[C@H]1O[C@@H](n2ccc(-n3cncn3)nc2=O)[C@@H]2OC(C)(C)O[C@@H]21. The first kappa shape index (κ1) is 27.7. The van der Waals surface area contributed by atoms with Gasteiger partial charge in [0, 0.05) is 6.20 Å². The van der Waals surface area contributed by atoms with Crippen molar-refractivity contribution < 1.29 is 33.3 Å². The normalized spacial score (nSPS) is 25.2. The predicted octanol–water partition coefficient (Wildman–Crippen LogP) is 1.33. The van der Waals surface area contributed by atoms with E-state index in [9.17, 15) is 14.4 Å². The Morgan fingerprint density at radius 3 is 2.53 bits per heavy atom. The molecule has 14 heteroatoms. The van der Waals surface area contributed by atoms with Crippen LogP contribution in [0, 0.1) is 5.92 Å². The van der Waals surface area contributed by atoms with E-state index in [1.165, 1.54) is 28.1 Å². The minimum Gasteiger partial charge on any atom is -0.461 e. The summed E-state index contributed by atoms with van der Waals surface area (Å²) in [6.45, 7) is 12.1. The van der Waals surface area contributed by atoms with Crippen molar-refractivity contribution in [1.82, 2.24) is 29.6 Å². The van der Waals surface area contributed by atoms with Gasteiger partial charge in [0.05, 0.1) is 0 Å². The number of rotatable bonds is 7. The Balaban J connectivity index is 1.47. The van der Waals surface area contributed by atoms with Crippen LogP contribution < -0.4 is 11.0 Å². The van der Waals surface area contributed by atoms with Gasteiger partial charge < -0.3 is 29.0 Å². The number of aromatic nitrogens is 5. The lowest BCUT2D eigenvalue weighted by Crippen LogP contribution is -2.48. The smallest absolute Gasteiger partial charge is 0.408 e. The fraction of sp³-hybridized carbons (Fsp3) is 0.667. The van der Waals surface area contributed by atoms with Gasteiger partial charge in [-0.05, 0) is 46.6 Å². The van der Waals surface area contributed by atoms with Crippen LogP contribution in [0.25, 0.3) is 5.82 Å². The van der Waals surface area contributed by atoms with Gasteiger partial charge in [0.1, 0.15) is 49.2 Å². The van der Waals surface area contributed by atoms with Gasteiger partial charge >= 0.3 is 17.8 Å². The topological polar surface area (TPSA) is 158 Å². The van der Waals surface area contributed by atoms with Crippen LogP contribution in [0.1, 0.15) is 54.7 Å². The molecule has 0 radical (unpaired) electrons. The lowest BCUT2D eigenvalue weighted by atomic mass is 10.1. The van der Waals surface area contributed by atoms with Crippen LogP contribution in [-0.4, -0.2) is 78.7 Å². The third-order valence-corrected chi connectivity index (χ3v) is 5.85. The Labute approximate surface area is 219 Å². The van der Waals surface area contributed by atoms with Gasteiger partial charge in [-0.3, -0.25) is 4.57 Å². The number of ether oxygens (including phenoxy) is 5. The second-order valence-corrected chi connectivity index (χ2v) is 10.9. The molecular formula is C24H34N6O8. The zero-order valence-corrected chi connectivity index (χ0v) is 22.5. The third kappa shape index (κ3) is 6.19. The minimum atomic E-state index is -0.948. The van der Waals surface area contributed by atoms with Crippen molar-refractivity contribution in [3.63, 3.8) is 0 Å². The molecule has 2 aromatic rings. The van der Waals surface area contributed by atoms with E-state index < -0.39 is 59.7 Å². The number of nitrogens with one attached hydrogen (secondary N) is 1. The lowest BCUT2D eigenvalue weighted by Gasteiger charge is -2.26. The Kier molecular flexibility index (Phi) is 7.59. The molecule has 5 atom stereocenters. The van der Waals surface area contributed by atoms with Gasteiger partial charge in [-0.15, -0.1) is 0 Å².